The van der Waals surface area contributed by atoms with Crippen molar-refractivity contribution in [2.24, 2.45) is 0 Å². The maximum Gasteiger partial charge on any atom is 0.181 e. The van der Waals surface area contributed by atoms with Crippen molar-refractivity contribution in [2.45, 2.75) is 56.4 Å². The fraction of sp³-hybridized carbons (Fsp3) is 1.00. The highest BCUT2D eigenvalue weighted by Crippen LogP contribution is 2.23. The van der Waals surface area contributed by atoms with Crippen molar-refractivity contribution in [2.75, 3.05) is 19.8 Å². The zero-order valence-electron chi connectivity index (χ0n) is 11.8. The summed E-state index contributed by atoms with van der Waals surface area (Å²) >= 11 is 0. The van der Waals surface area contributed by atoms with Gasteiger partial charge in [-0.25, -0.2) is 0 Å². The van der Waals surface area contributed by atoms with E-state index in [1.165, 1.54) is 0 Å². The van der Waals surface area contributed by atoms with Gasteiger partial charge in [0.15, 0.2) is 12.6 Å². The Morgan fingerprint density at radius 3 is 2.33 bits per heavy atom. The maximum atomic E-state index is 9.91. The maximum absolute atomic E-state index is 9.91. The highest BCUT2D eigenvalue weighted by atomic mass is 16.7. The van der Waals surface area contributed by atoms with Gasteiger partial charge in [0, 0.05) is 6.42 Å². The van der Waals surface area contributed by atoms with E-state index in [1.54, 1.807) is 6.92 Å². The summed E-state index contributed by atoms with van der Waals surface area (Å²) < 4.78 is 15.5. The van der Waals surface area contributed by atoms with Crippen LogP contribution >= 0.6 is 0 Å². The van der Waals surface area contributed by atoms with Crippen molar-refractivity contribution in [3.8, 4) is 0 Å². The topological polar surface area (TPSA) is 149 Å². The summed E-state index contributed by atoms with van der Waals surface area (Å²) in [4.78, 5) is 0. The van der Waals surface area contributed by atoms with E-state index in [1.807, 2.05) is 0 Å². The third-order valence-corrected chi connectivity index (χ3v) is 3.27. The molecule has 0 radical (unpaired) electrons. The number of aliphatic hydroxyl groups excluding tert-OH is 6. The van der Waals surface area contributed by atoms with Crippen LogP contribution in [0.4, 0.5) is 0 Å². The fourth-order valence-electron chi connectivity index (χ4n) is 2.04. The van der Waals surface area contributed by atoms with E-state index in [0.29, 0.717) is 0 Å². The van der Waals surface area contributed by atoms with Crippen LogP contribution in [0, 0.1) is 0 Å². The van der Waals surface area contributed by atoms with Gasteiger partial charge in [-0.3, -0.25) is 0 Å². The molecular formula is C12H24O9. The minimum atomic E-state index is -1.34. The van der Waals surface area contributed by atoms with Gasteiger partial charge in [-0.05, 0) is 6.92 Å². The third kappa shape index (κ3) is 5.40. The molecule has 1 aliphatic rings. The Bertz CT molecular complexity index is 290. The summed E-state index contributed by atoms with van der Waals surface area (Å²) in [5.74, 6) is 0. The average molecular weight is 312 g/mol. The standard InChI is InChI=1S/C12H24O9/c1-6-12(18)8(2-10(17)19-6)20-11(5-15)21-9(4-14)7(16)3-13/h6-18H,2-5H2,1H3/t6?,7-,8?,9?,10+,11-,12-/m0/s1. The molecule has 21 heavy (non-hydrogen) atoms. The number of ether oxygens (including phenoxy) is 3. The van der Waals surface area contributed by atoms with Crippen LogP contribution in [-0.2, 0) is 14.2 Å². The summed E-state index contributed by atoms with van der Waals surface area (Å²) in [5.41, 5.74) is 0. The lowest BCUT2D eigenvalue weighted by molar-refractivity contribution is -0.288. The summed E-state index contributed by atoms with van der Waals surface area (Å²) in [6, 6.07) is 0. The molecule has 0 saturated carbocycles. The molecule has 6 N–H and O–H groups in total. The van der Waals surface area contributed by atoms with Crippen molar-refractivity contribution in [3.63, 3.8) is 0 Å². The molecule has 0 aromatic rings. The molecule has 0 amide bonds. The molecule has 0 aromatic heterocycles. The molecule has 1 fully saturated rings. The Hall–Kier alpha value is -0.360. The van der Waals surface area contributed by atoms with Crippen LogP contribution in [0.15, 0.2) is 0 Å². The molecule has 0 bridgehead atoms. The molecule has 7 atom stereocenters. The summed E-state index contributed by atoms with van der Waals surface area (Å²) in [6.07, 6.45) is -7.37. The van der Waals surface area contributed by atoms with E-state index in [4.69, 9.17) is 24.4 Å². The van der Waals surface area contributed by atoms with Gasteiger partial charge in [0.2, 0.25) is 0 Å². The third-order valence-electron chi connectivity index (χ3n) is 3.27. The predicted molar refractivity (Wildman–Crippen MR) is 68.0 cm³/mol. The zero-order valence-corrected chi connectivity index (χ0v) is 11.8. The van der Waals surface area contributed by atoms with Gasteiger partial charge >= 0.3 is 0 Å². The summed E-state index contributed by atoms with van der Waals surface area (Å²) in [6.45, 7) is -0.247. The second kappa shape index (κ2) is 8.93. The van der Waals surface area contributed by atoms with Crippen molar-refractivity contribution in [1.82, 2.24) is 0 Å². The van der Waals surface area contributed by atoms with Gasteiger partial charge in [-0.2, -0.15) is 0 Å². The van der Waals surface area contributed by atoms with E-state index in [0.717, 1.165) is 0 Å². The zero-order chi connectivity index (χ0) is 16.0. The van der Waals surface area contributed by atoms with Crippen LogP contribution in [0.1, 0.15) is 13.3 Å². The number of hydrogen-bond acceptors (Lipinski definition) is 9. The highest BCUT2D eigenvalue weighted by molar-refractivity contribution is 4.81. The molecule has 126 valence electrons. The lowest BCUT2D eigenvalue weighted by atomic mass is 10.0. The molecule has 0 aliphatic carbocycles. The largest absolute Gasteiger partial charge is 0.394 e. The van der Waals surface area contributed by atoms with Gasteiger partial charge < -0.3 is 44.8 Å². The molecule has 0 aromatic carbocycles. The molecule has 3 unspecified atom stereocenters. The molecule has 9 nitrogen and oxygen atoms in total. The number of rotatable bonds is 8. The monoisotopic (exact) mass is 312 g/mol. The Balaban J connectivity index is 2.59. The fourth-order valence-corrected chi connectivity index (χ4v) is 2.04. The van der Waals surface area contributed by atoms with Crippen LogP contribution in [0.25, 0.3) is 0 Å². The van der Waals surface area contributed by atoms with Gasteiger partial charge in [0.1, 0.15) is 18.3 Å². The Morgan fingerprint density at radius 1 is 1.14 bits per heavy atom. The SMILES string of the molecule is CC1O[C@@H](O)CC(O[C@H](CO)OC(CO)[C@@H](O)CO)[C@H]1O. The van der Waals surface area contributed by atoms with E-state index >= 15 is 0 Å². The lowest BCUT2D eigenvalue weighted by Crippen LogP contribution is -2.50. The summed E-state index contributed by atoms with van der Waals surface area (Å²) in [7, 11) is 0. The van der Waals surface area contributed by atoms with E-state index in [2.05, 4.69) is 0 Å². The first-order chi connectivity index (χ1) is 9.92. The average Bonchev–Trinajstić information content (AvgIpc) is 2.47. The number of aliphatic hydroxyl groups is 6. The smallest absolute Gasteiger partial charge is 0.181 e. The number of hydrogen-bond donors (Lipinski definition) is 6. The van der Waals surface area contributed by atoms with Crippen molar-refractivity contribution >= 4 is 0 Å². The molecular weight excluding hydrogens is 288 g/mol. The molecule has 1 aliphatic heterocycles. The minimum Gasteiger partial charge on any atom is -0.394 e. The molecule has 9 heteroatoms. The predicted octanol–water partition coefficient (Wildman–Crippen LogP) is -3.09. The van der Waals surface area contributed by atoms with Crippen molar-refractivity contribution < 1.29 is 44.8 Å². The summed E-state index contributed by atoms with van der Waals surface area (Å²) in [5, 5.41) is 55.9. The second-order valence-electron chi connectivity index (χ2n) is 4.92. The van der Waals surface area contributed by atoms with Crippen LogP contribution in [0.3, 0.4) is 0 Å². The van der Waals surface area contributed by atoms with E-state index in [9.17, 15) is 20.4 Å². The molecule has 0 spiro atoms. The lowest BCUT2D eigenvalue weighted by Gasteiger charge is -2.37. The Labute approximate surface area is 122 Å². The van der Waals surface area contributed by atoms with E-state index in [-0.39, 0.29) is 6.42 Å². The van der Waals surface area contributed by atoms with Gasteiger partial charge in [0.05, 0.1) is 32.0 Å². The van der Waals surface area contributed by atoms with Gasteiger partial charge in [0.25, 0.3) is 0 Å². The Kier molecular flexibility index (Phi) is 7.95. The minimum absolute atomic E-state index is 0.0162. The molecule has 1 rings (SSSR count). The Morgan fingerprint density at radius 2 is 1.81 bits per heavy atom. The van der Waals surface area contributed by atoms with Crippen LogP contribution in [-0.4, -0.2) is 93.6 Å². The van der Waals surface area contributed by atoms with Crippen LogP contribution in [0.5, 0.6) is 0 Å². The highest BCUT2D eigenvalue weighted by Gasteiger charge is 2.37. The van der Waals surface area contributed by atoms with Gasteiger partial charge in [-0.15, -0.1) is 0 Å². The van der Waals surface area contributed by atoms with E-state index < -0.39 is 62.9 Å². The quantitative estimate of drug-likeness (QED) is 0.256. The van der Waals surface area contributed by atoms with Crippen LogP contribution in [0.2, 0.25) is 0 Å². The second-order valence-corrected chi connectivity index (χ2v) is 4.92. The van der Waals surface area contributed by atoms with Crippen molar-refractivity contribution in [3.05, 3.63) is 0 Å². The van der Waals surface area contributed by atoms with Gasteiger partial charge in [-0.1, -0.05) is 0 Å². The first-order valence-corrected chi connectivity index (χ1v) is 6.76. The van der Waals surface area contributed by atoms with Crippen molar-refractivity contribution in [1.29, 1.82) is 0 Å². The first-order valence-electron chi connectivity index (χ1n) is 6.76. The normalized spacial score (nSPS) is 34.4. The molecule has 1 saturated heterocycles. The molecule has 1 heterocycles. The van der Waals surface area contributed by atoms with Crippen LogP contribution < -0.4 is 0 Å². The first kappa shape index (κ1) is 18.7.